The molecular weight excluding hydrogens is 1750 g/mol. The molecule has 21 aromatic carbocycles. The molecule has 0 atom stereocenters. The summed E-state index contributed by atoms with van der Waals surface area (Å²) in [4.78, 5) is 34.6. The summed E-state index contributed by atoms with van der Waals surface area (Å²) in [5.74, 6) is 0.847. The molecule has 0 aliphatic carbocycles. The van der Waals surface area contributed by atoms with Gasteiger partial charge in [-0.15, -0.1) is 0 Å². The third-order valence-electron chi connectivity index (χ3n) is 25.9. The number of benzene rings is 21. The van der Waals surface area contributed by atoms with Gasteiger partial charge in [0, 0.05) is 137 Å². The molecule has 0 radical (unpaired) electrons. The Morgan fingerprint density at radius 3 is 0.510 bits per heavy atom. The lowest BCUT2D eigenvalue weighted by Gasteiger charge is -2.26. The van der Waals surface area contributed by atoms with E-state index in [4.69, 9.17) is 4.74 Å². The van der Waals surface area contributed by atoms with Crippen molar-refractivity contribution in [2.24, 2.45) is 0 Å². The van der Waals surface area contributed by atoms with Crippen LogP contribution in [-0.2, 0) is 0 Å². The van der Waals surface area contributed by atoms with E-state index in [1.807, 2.05) is 84.6 Å². The van der Waals surface area contributed by atoms with Gasteiger partial charge in [-0.2, -0.15) is 0 Å². The molecule has 0 heterocycles. The summed E-state index contributed by atoms with van der Waals surface area (Å²) in [7, 11) is 7.64. The monoisotopic (exact) mass is 1850 g/mol. The van der Waals surface area contributed by atoms with Crippen LogP contribution in [0.25, 0.3) is 100 Å². The molecule has 0 aliphatic heterocycles. The van der Waals surface area contributed by atoms with Crippen LogP contribution < -0.4 is 34.1 Å². The van der Waals surface area contributed by atoms with Crippen LogP contribution >= 0.6 is 0 Å². The van der Waals surface area contributed by atoms with Gasteiger partial charge in [0.05, 0.1) is 17.0 Å². The Bertz CT molecular complexity index is 7520. The maximum atomic E-state index is 11.3. The summed E-state index contributed by atoms with van der Waals surface area (Å²) in [6.07, 6.45) is 0. The first-order valence-electron chi connectivity index (χ1n) is 47.5. The molecule has 0 aromatic heterocycles. The molecule has 143 heavy (non-hydrogen) atoms. The zero-order chi connectivity index (χ0) is 97.8. The minimum Gasteiger partial charge on any atom is -0.497 e. The maximum absolute atomic E-state index is 11.3. The lowest BCUT2D eigenvalue weighted by molar-refractivity contribution is -0.385. The molecule has 21 rings (SSSR count). The van der Waals surface area contributed by atoms with Gasteiger partial charge in [0.15, 0.2) is 0 Å². The zero-order valence-electron chi connectivity index (χ0n) is 79.6. The zero-order valence-corrected chi connectivity index (χ0v) is 79.6. The van der Waals surface area contributed by atoms with Crippen LogP contribution in [0.2, 0.25) is 0 Å². The fourth-order valence-electron chi connectivity index (χ4n) is 17.9. The number of hydrogen-bond acceptors (Lipinski definition) is 11. The van der Waals surface area contributed by atoms with Crippen molar-refractivity contribution in [3.05, 3.63) is 566 Å². The Labute approximate surface area is 835 Å². The first kappa shape index (κ1) is 93.1. The number of rotatable bonds is 27. The number of anilines is 15. The van der Waals surface area contributed by atoms with E-state index in [-0.39, 0.29) is 21.2 Å². The smallest absolute Gasteiger partial charge is 0.271 e. The molecule has 0 N–H and O–H groups in total. The topological polar surface area (TPSA) is 115 Å². The molecule has 21 aromatic rings. The van der Waals surface area contributed by atoms with E-state index >= 15 is 0 Å². The van der Waals surface area contributed by atoms with E-state index in [2.05, 4.69) is 469 Å². The van der Waals surface area contributed by atoms with E-state index in [1.54, 1.807) is 31.4 Å². The SMILES string of the molecule is CN(c1ccc(-c2ccc(N(c3ccc(-c4ccccc4)cc3)c3ccc(-c4ccccc4)cc3)cc2)cc1)c1ccc([N+](=O)[O-])cc1.CN(c1ccc(-c2ccc(N(c3ccc(-c4ccccc4)cc3)c3ccc(-c4ccccc4)cc3)cc2)cc1)c1cccc([N+](=O)[O-])c1.COc1cccc(N(C)c2ccc(-c3ccc(N(c4ccc(-c5ccccc5)cc4)c4ccc(-c5ccccc5)cc4)cc3)cc2)c1. The number of hydrogen-bond donors (Lipinski definition) is 0. The largest absolute Gasteiger partial charge is 0.497 e. The molecular formula is C130H102N8O5. The Hall–Kier alpha value is -19.0. The van der Waals surface area contributed by atoms with E-state index in [0.29, 0.717) is 0 Å². The second-order valence-corrected chi connectivity index (χ2v) is 34.7. The van der Waals surface area contributed by atoms with Crippen molar-refractivity contribution < 1.29 is 14.6 Å². The van der Waals surface area contributed by atoms with Gasteiger partial charge in [0.1, 0.15) is 5.75 Å². The number of nitro groups is 2. The Morgan fingerprint density at radius 1 is 0.161 bits per heavy atom. The van der Waals surface area contributed by atoms with Gasteiger partial charge in [-0.05, 0) is 276 Å². The number of methoxy groups -OCH3 is 1. The normalized spacial score (nSPS) is 10.8. The summed E-state index contributed by atoms with van der Waals surface area (Å²) in [5, 5.41) is 22.3. The Morgan fingerprint density at radius 2 is 0.322 bits per heavy atom. The van der Waals surface area contributed by atoms with E-state index in [1.165, 1.54) is 96.1 Å². The van der Waals surface area contributed by atoms with Crippen LogP contribution in [0.4, 0.5) is 96.7 Å². The number of nitro benzene ring substituents is 2. The van der Waals surface area contributed by atoms with Gasteiger partial charge in [-0.25, -0.2) is 0 Å². The first-order chi connectivity index (χ1) is 70.2. The van der Waals surface area contributed by atoms with Crippen LogP contribution in [0.15, 0.2) is 546 Å². The van der Waals surface area contributed by atoms with Crippen molar-refractivity contribution in [1.29, 1.82) is 0 Å². The average molecular weight is 1860 g/mol. The minimum absolute atomic E-state index is 0.0735. The van der Waals surface area contributed by atoms with Crippen molar-refractivity contribution in [3.63, 3.8) is 0 Å². The maximum Gasteiger partial charge on any atom is 0.271 e. The molecule has 0 aliphatic rings. The second kappa shape index (κ2) is 44.0. The van der Waals surface area contributed by atoms with Gasteiger partial charge < -0.3 is 34.1 Å². The van der Waals surface area contributed by atoms with Gasteiger partial charge in [-0.3, -0.25) is 20.2 Å². The molecule has 0 amide bonds. The molecule has 13 nitrogen and oxygen atoms in total. The lowest BCUT2D eigenvalue weighted by Crippen LogP contribution is -2.10. The third-order valence-corrected chi connectivity index (χ3v) is 25.9. The fourth-order valence-corrected chi connectivity index (χ4v) is 17.9. The standard InChI is InChI=1S/C44H36N2O.2C43H33N3O2/c1-45(43-14-9-15-44(32-43)47-2)39-24-16-37(17-25-39)38-22-30-42(31-23-38)46(40-26-18-35(19-27-40)33-10-5-3-6-11-33)41-28-20-36(21-29-41)34-12-7-4-8-13-34;1-44(42-13-8-14-43(31-42)46(47)48)38-23-15-36(16-24-38)37-21-29-41(30-22-37)45(39-25-17-34(18-26-39)32-9-4-2-5-10-32)40-27-19-35(20-28-40)33-11-6-3-7-12-33;1-44(39-28-30-43(31-29-39)46(47)48)38-20-12-36(13-21-38)37-18-26-42(27-19-37)45(40-22-14-34(15-23-40)32-8-4-2-5-9-32)41-24-16-35(17-25-41)33-10-6-3-7-11-33/h3-32H,1-2H3;2*2-31H,1H3. The van der Waals surface area contributed by atoms with Gasteiger partial charge >= 0.3 is 0 Å². The first-order valence-corrected chi connectivity index (χ1v) is 47.5. The van der Waals surface area contributed by atoms with Crippen LogP contribution in [0.5, 0.6) is 5.75 Å². The summed E-state index contributed by atoms with van der Waals surface area (Å²) in [6, 6.07) is 188. The highest BCUT2D eigenvalue weighted by atomic mass is 16.6. The van der Waals surface area contributed by atoms with Crippen molar-refractivity contribution >= 4 is 96.7 Å². The average Bonchev–Trinajstić information content (AvgIpc) is 0.796. The predicted molar refractivity (Wildman–Crippen MR) is 596 cm³/mol. The minimum atomic E-state index is -0.383. The van der Waals surface area contributed by atoms with Crippen LogP contribution in [0.3, 0.4) is 0 Å². The van der Waals surface area contributed by atoms with E-state index < -0.39 is 0 Å². The highest BCUT2D eigenvalue weighted by Gasteiger charge is 2.21. The highest BCUT2D eigenvalue weighted by Crippen LogP contribution is 2.45. The van der Waals surface area contributed by atoms with E-state index in [0.717, 1.165) is 113 Å². The molecule has 0 saturated heterocycles. The summed E-state index contributed by atoms with van der Waals surface area (Å²) in [5.41, 5.74) is 36.7. The number of nitrogens with zero attached hydrogens (tertiary/aromatic N) is 8. The van der Waals surface area contributed by atoms with Crippen LogP contribution in [0.1, 0.15) is 0 Å². The summed E-state index contributed by atoms with van der Waals surface area (Å²) >= 11 is 0. The quantitative estimate of drug-likeness (QED) is 0.0362. The molecule has 0 bridgehead atoms. The highest BCUT2D eigenvalue weighted by molar-refractivity contribution is 5.87. The van der Waals surface area contributed by atoms with Crippen molar-refractivity contribution in [1.82, 2.24) is 0 Å². The molecule has 0 spiro atoms. The summed E-state index contributed by atoms with van der Waals surface area (Å²) in [6.45, 7) is 0. The third kappa shape index (κ3) is 22.2. The molecule has 0 saturated carbocycles. The molecule has 0 unspecified atom stereocenters. The van der Waals surface area contributed by atoms with Crippen molar-refractivity contribution in [3.8, 4) is 106 Å². The number of non-ortho nitro benzene ring substituents is 2. The van der Waals surface area contributed by atoms with Gasteiger partial charge in [0.2, 0.25) is 0 Å². The predicted octanol–water partition coefficient (Wildman–Crippen LogP) is 35.6. The Balaban J connectivity index is 0.000000136. The number of ether oxygens (including phenoxy) is 1. The molecule has 13 heteroatoms. The van der Waals surface area contributed by atoms with E-state index in [9.17, 15) is 20.2 Å². The lowest BCUT2D eigenvalue weighted by atomic mass is 10.0. The Kier molecular flexibility index (Phi) is 28.6. The second-order valence-electron chi connectivity index (χ2n) is 34.7. The molecule has 692 valence electrons. The van der Waals surface area contributed by atoms with Gasteiger partial charge in [0.25, 0.3) is 11.4 Å². The fraction of sp³-hybridized carbons (Fsp3) is 0.0308. The van der Waals surface area contributed by atoms with Crippen LogP contribution in [-0.4, -0.2) is 38.1 Å². The van der Waals surface area contributed by atoms with Crippen LogP contribution in [0, 0.1) is 20.2 Å². The van der Waals surface area contributed by atoms with Gasteiger partial charge in [-0.1, -0.05) is 340 Å². The summed E-state index contributed by atoms with van der Waals surface area (Å²) < 4.78 is 5.42. The van der Waals surface area contributed by atoms with Crippen molar-refractivity contribution in [2.75, 3.05) is 57.7 Å². The van der Waals surface area contributed by atoms with Crippen molar-refractivity contribution in [2.45, 2.75) is 0 Å². The molecule has 0 fully saturated rings.